The van der Waals surface area contributed by atoms with E-state index in [1.165, 1.54) is 0 Å². The van der Waals surface area contributed by atoms with E-state index in [2.05, 4.69) is 24.5 Å². The van der Waals surface area contributed by atoms with E-state index in [4.69, 9.17) is 5.11 Å². The second-order valence-electron chi connectivity index (χ2n) is 3.93. The van der Waals surface area contributed by atoms with Crippen molar-refractivity contribution in [1.29, 1.82) is 0 Å². The molecule has 4 heteroatoms. The van der Waals surface area contributed by atoms with Gasteiger partial charge in [0.25, 0.3) is 0 Å². The van der Waals surface area contributed by atoms with Crippen molar-refractivity contribution in [2.75, 3.05) is 10.6 Å². The minimum atomic E-state index is -0.897. The summed E-state index contributed by atoms with van der Waals surface area (Å²) < 4.78 is 0. The lowest BCUT2D eigenvalue weighted by Crippen LogP contribution is -2.38. The van der Waals surface area contributed by atoms with E-state index >= 15 is 0 Å². The molecule has 4 nitrogen and oxygen atoms in total. The first-order chi connectivity index (χ1) is 7.08. The van der Waals surface area contributed by atoms with E-state index in [1.54, 1.807) is 18.2 Å². The number of aromatic carboxylic acids is 1. The minimum absolute atomic E-state index is 0.293. The van der Waals surface area contributed by atoms with E-state index in [0.717, 1.165) is 11.4 Å². The summed E-state index contributed by atoms with van der Waals surface area (Å²) in [6.07, 6.45) is 0. The molecule has 0 unspecified atom stereocenters. The van der Waals surface area contributed by atoms with Gasteiger partial charge in [0.15, 0.2) is 0 Å². The standard InChI is InChI=1S/C11H14N2O2/c1-6-7(2)13-10-5-8(11(14)15)3-4-9(10)12-6/h3-7,12-13H,1-2H3,(H,14,15)/t6-,7+/m0/s1. The molecular weight excluding hydrogens is 192 g/mol. The number of carbonyl (C=O) groups is 1. The normalized spacial score (nSPS) is 23.6. The lowest BCUT2D eigenvalue weighted by atomic mass is 10.0. The van der Waals surface area contributed by atoms with Gasteiger partial charge in [-0.2, -0.15) is 0 Å². The van der Waals surface area contributed by atoms with E-state index in [0.29, 0.717) is 17.6 Å². The molecule has 3 N–H and O–H groups in total. The zero-order valence-corrected chi connectivity index (χ0v) is 8.74. The summed E-state index contributed by atoms with van der Waals surface area (Å²) in [6, 6.07) is 5.70. The highest BCUT2D eigenvalue weighted by atomic mass is 16.4. The second kappa shape index (κ2) is 3.46. The Morgan fingerprint density at radius 2 is 1.80 bits per heavy atom. The van der Waals surface area contributed by atoms with Crippen molar-refractivity contribution in [3.05, 3.63) is 23.8 Å². The van der Waals surface area contributed by atoms with Crippen molar-refractivity contribution in [3.8, 4) is 0 Å². The highest BCUT2D eigenvalue weighted by molar-refractivity contribution is 5.91. The van der Waals surface area contributed by atoms with Gasteiger partial charge in [-0.25, -0.2) is 4.79 Å². The molecule has 0 saturated carbocycles. The smallest absolute Gasteiger partial charge is 0.335 e. The predicted octanol–water partition coefficient (Wildman–Crippen LogP) is 2.00. The van der Waals surface area contributed by atoms with Gasteiger partial charge in [0.2, 0.25) is 0 Å². The van der Waals surface area contributed by atoms with Crippen LogP contribution in [0.3, 0.4) is 0 Å². The molecule has 2 rings (SSSR count). The van der Waals surface area contributed by atoms with E-state index in [-0.39, 0.29) is 0 Å². The number of hydrogen-bond donors (Lipinski definition) is 3. The van der Waals surface area contributed by atoms with Crippen molar-refractivity contribution >= 4 is 17.3 Å². The highest BCUT2D eigenvalue weighted by Crippen LogP contribution is 2.29. The Hall–Kier alpha value is -1.71. The molecule has 1 heterocycles. The van der Waals surface area contributed by atoms with Gasteiger partial charge < -0.3 is 15.7 Å². The number of hydrogen-bond acceptors (Lipinski definition) is 3. The Morgan fingerprint density at radius 1 is 1.20 bits per heavy atom. The summed E-state index contributed by atoms with van der Waals surface area (Å²) in [5, 5.41) is 15.5. The molecule has 1 aliphatic heterocycles. The molecule has 0 amide bonds. The largest absolute Gasteiger partial charge is 0.478 e. The molecule has 0 spiro atoms. The fraction of sp³-hybridized carbons (Fsp3) is 0.364. The summed E-state index contributed by atoms with van der Waals surface area (Å²) in [5.41, 5.74) is 2.14. The van der Waals surface area contributed by atoms with Crippen LogP contribution in [0, 0.1) is 0 Å². The molecule has 1 aromatic carbocycles. The van der Waals surface area contributed by atoms with Gasteiger partial charge in [0, 0.05) is 12.1 Å². The molecule has 0 bridgehead atoms. The van der Waals surface area contributed by atoms with Gasteiger partial charge in [-0.3, -0.25) is 0 Å². The van der Waals surface area contributed by atoms with Gasteiger partial charge in [-0.15, -0.1) is 0 Å². The first-order valence-electron chi connectivity index (χ1n) is 4.98. The predicted molar refractivity (Wildman–Crippen MR) is 59.6 cm³/mol. The van der Waals surface area contributed by atoms with Crippen LogP contribution in [-0.4, -0.2) is 23.2 Å². The molecule has 80 valence electrons. The van der Waals surface area contributed by atoms with Gasteiger partial charge in [-0.1, -0.05) is 0 Å². The summed E-state index contributed by atoms with van der Waals surface area (Å²) >= 11 is 0. The summed E-state index contributed by atoms with van der Waals surface area (Å²) in [5.74, 6) is -0.897. The Kier molecular flexibility index (Phi) is 2.26. The lowest BCUT2D eigenvalue weighted by molar-refractivity contribution is 0.0697. The average molecular weight is 206 g/mol. The average Bonchev–Trinajstić information content (AvgIpc) is 2.19. The molecule has 1 aliphatic rings. The second-order valence-corrected chi connectivity index (χ2v) is 3.93. The zero-order valence-electron chi connectivity index (χ0n) is 8.74. The van der Waals surface area contributed by atoms with Gasteiger partial charge in [-0.05, 0) is 32.0 Å². The van der Waals surface area contributed by atoms with Crippen LogP contribution in [0.4, 0.5) is 11.4 Å². The molecule has 1 aromatic rings. The summed E-state index contributed by atoms with van der Waals surface area (Å²) in [6.45, 7) is 4.15. The molecule has 0 saturated heterocycles. The van der Waals surface area contributed by atoms with Crippen LogP contribution < -0.4 is 10.6 Å². The summed E-state index contributed by atoms with van der Waals surface area (Å²) in [7, 11) is 0. The molecule has 0 radical (unpaired) electrons. The van der Waals surface area contributed by atoms with Crippen LogP contribution in [0.25, 0.3) is 0 Å². The molecule has 2 atom stereocenters. The van der Waals surface area contributed by atoms with Gasteiger partial charge in [0.1, 0.15) is 0 Å². The van der Waals surface area contributed by atoms with Crippen LogP contribution in [-0.2, 0) is 0 Å². The zero-order chi connectivity index (χ0) is 11.0. The maximum absolute atomic E-state index is 10.8. The minimum Gasteiger partial charge on any atom is -0.478 e. The third kappa shape index (κ3) is 1.75. The van der Waals surface area contributed by atoms with E-state index in [1.807, 2.05) is 0 Å². The Balaban J connectivity index is 2.37. The molecule has 15 heavy (non-hydrogen) atoms. The van der Waals surface area contributed by atoms with Crippen LogP contribution >= 0.6 is 0 Å². The topological polar surface area (TPSA) is 61.4 Å². The molecular formula is C11H14N2O2. The first kappa shape index (κ1) is 9.83. The third-order valence-electron chi connectivity index (χ3n) is 2.78. The van der Waals surface area contributed by atoms with Gasteiger partial charge in [0.05, 0.1) is 16.9 Å². The van der Waals surface area contributed by atoms with Crippen molar-refractivity contribution in [2.24, 2.45) is 0 Å². The number of carboxylic acid groups (broad SMARTS) is 1. The van der Waals surface area contributed by atoms with Crippen molar-refractivity contribution < 1.29 is 9.90 Å². The van der Waals surface area contributed by atoms with Gasteiger partial charge >= 0.3 is 5.97 Å². The summed E-state index contributed by atoms with van der Waals surface area (Å²) in [4.78, 5) is 10.8. The molecule has 0 fully saturated rings. The Labute approximate surface area is 88.3 Å². The number of benzene rings is 1. The van der Waals surface area contributed by atoms with E-state index < -0.39 is 5.97 Å². The van der Waals surface area contributed by atoms with Crippen molar-refractivity contribution in [1.82, 2.24) is 0 Å². The fourth-order valence-electron chi connectivity index (χ4n) is 1.66. The van der Waals surface area contributed by atoms with E-state index in [9.17, 15) is 4.79 Å². The third-order valence-corrected chi connectivity index (χ3v) is 2.78. The number of carboxylic acids is 1. The lowest BCUT2D eigenvalue weighted by Gasteiger charge is -2.32. The molecule has 0 aliphatic carbocycles. The van der Waals surface area contributed by atoms with Crippen molar-refractivity contribution in [3.63, 3.8) is 0 Å². The van der Waals surface area contributed by atoms with Crippen LogP contribution in [0.2, 0.25) is 0 Å². The van der Waals surface area contributed by atoms with Crippen LogP contribution in [0.5, 0.6) is 0 Å². The quantitative estimate of drug-likeness (QED) is 0.657. The SMILES string of the molecule is C[C@@H]1Nc2ccc(C(=O)O)cc2N[C@@H]1C. The Morgan fingerprint density at radius 3 is 2.40 bits per heavy atom. The fourth-order valence-corrected chi connectivity index (χ4v) is 1.66. The van der Waals surface area contributed by atoms with Crippen LogP contribution in [0.1, 0.15) is 24.2 Å². The first-order valence-corrected chi connectivity index (χ1v) is 4.98. The highest BCUT2D eigenvalue weighted by Gasteiger charge is 2.20. The van der Waals surface area contributed by atoms with Crippen molar-refractivity contribution in [2.45, 2.75) is 25.9 Å². The number of anilines is 2. The molecule has 0 aromatic heterocycles. The monoisotopic (exact) mass is 206 g/mol. The number of rotatable bonds is 1. The Bertz CT molecular complexity index is 404. The maximum Gasteiger partial charge on any atom is 0.335 e. The number of fused-ring (bicyclic) bond motifs is 1. The number of nitrogens with one attached hydrogen (secondary N) is 2. The maximum atomic E-state index is 10.8. The van der Waals surface area contributed by atoms with Crippen LogP contribution in [0.15, 0.2) is 18.2 Å².